The van der Waals surface area contributed by atoms with E-state index in [-0.39, 0.29) is 23.3 Å². The number of hydrogen-bond acceptors (Lipinski definition) is 3. The third kappa shape index (κ3) is 2.05. The van der Waals surface area contributed by atoms with Gasteiger partial charge in [-0.3, -0.25) is 9.59 Å². The average molecular weight is 260 g/mol. The normalized spacial score (nSPS) is 38.5. The number of hydrogen-bond donors (Lipinski definition) is 0. The largest absolute Gasteiger partial charge is 0.457 e. The van der Waals surface area contributed by atoms with Crippen LogP contribution in [0.25, 0.3) is 0 Å². The Morgan fingerprint density at radius 2 is 2.16 bits per heavy atom. The maximum Gasteiger partial charge on any atom is 0.313 e. The van der Waals surface area contributed by atoms with E-state index in [4.69, 9.17) is 4.74 Å². The van der Waals surface area contributed by atoms with Gasteiger partial charge in [0.05, 0.1) is 5.41 Å². The van der Waals surface area contributed by atoms with Crippen LogP contribution in [-0.4, -0.2) is 17.9 Å². The number of rotatable bonds is 1. The molecule has 1 aliphatic heterocycles. The second-order valence-electron chi connectivity index (χ2n) is 6.13. The van der Waals surface area contributed by atoms with Gasteiger partial charge in [-0.2, -0.15) is 0 Å². The number of cyclic esters (lactones) is 1. The minimum absolute atomic E-state index is 0.127. The quantitative estimate of drug-likeness (QED) is 0.538. The van der Waals surface area contributed by atoms with Crippen LogP contribution in [-0.2, 0) is 14.3 Å². The third-order valence-electron chi connectivity index (χ3n) is 4.89. The molecule has 0 aromatic carbocycles. The highest BCUT2D eigenvalue weighted by Gasteiger charge is 2.49. The molecule has 1 heterocycles. The van der Waals surface area contributed by atoms with E-state index < -0.39 is 0 Å². The monoisotopic (exact) mass is 260 g/mol. The maximum absolute atomic E-state index is 12.3. The number of carbonyl (C=O) groups is 2. The zero-order chi connectivity index (χ0) is 13.5. The molecule has 0 aromatic heterocycles. The first kappa shape index (κ1) is 12.6. The van der Waals surface area contributed by atoms with Gasteiger partial charge in [-0.25, -0.2) is 0 Å². The Balaban J connectivity index is 1.84. The number of allylic oxidation sites excluding steroid dienone is 3. The molecule has 0 radical (unpaired) electrons. The second kappa shape index (κ2) is 4.62. The molecule has 3 atom stereocenters. The van der Waals surface area contributed by atoms with Gasteiger partial charge in [-0.1, -0.05) is 18.2 Å². The zero-order valence-electron chi connectivity index (χ0n) is 11.4. The SMILES string of the molecule is C[C@@]12CC=CC[C@H]1C[C@@H](C1=CCCCC1=O)OC2=O. The molecular weight excluding hydrogens is 240 g/mol. The van der Waals surface area contributed by atoms with E-state index in [9.17, 15) is 9.59 Å². The molecule has 0 saturated carbocycles. The number of Topliss-reactive ketones (excluding diaryl/α,β-unsaturated/α-hetero) is 1. The Hall–Kier alpha value is -1.38. The lowest BCUT2D eigenvalue weighted by Gasteiger charge is -2.44. The lowest BCUT2D eigenvalue weighted by atomic mass is 9.65. The van der Waals surface area contributed by atoms with Crippen LogP contribution >= 0.6 is 0 Å². The van der Waals surface area contributed by atoms with Crippen molar-refractivity contribution in [1.82, 2.24) is 0 Å². The van der Waals surface area contributed by atoms with E-state index in [0.29, 0.717) is 12.3 Å². The van der Waals surface area contributed by atoms with E-state index in [1.165, 1.54) is 0 Å². The summed E-state index contributed by atoms with van der Waals surface area (Å²) in [5.74, 6) is 0.343. The fraction of sp³-hybridized carbons (Fsp3) is 0.625. The molecule has 0 bridgehead atoms. The lowest BCUT2D eigenvalue weighted by molar-refractivity contribution is -0.173. The number of ether oxygens (including phenoxy) is 1. The van der Waals surface area contributed by atoms with Crippen LogP contribution < -0.4 is 0 Å². The van der Waals surface area contributed by atoms with Crippen molar-refractivity contribution >= 4 is 11.8 Å². The minimum atomic E-state index is -0.385. The maximum atomic E-state index is 12.3. The molecule has 1 fully saturated rings. The van der Waals surface area contributed by atoms with Gasteiger partial charge in [0.15, 0.2) is 5.78 Å². The van der Waals surface area contributed by atoms with Crippen molar-refractivity contribution in [3.05, 3.63) is 23.8 Å². The van der Waals surface area contributed by atoms with E-state index in [0.717, 1.165) is 37.7 Å². The highest BCUT2D eigenvalue weighted by Crippen LogP contribution is 2.46. The van der Waals surface area contributed by atoms with Gasteiger partial charge in [0.25, 0.3) is 0 Å². The molecule has 3 heteroatoms. The van der Waals surface area contributed by atoms with Crippen LogP contribution in [0.4, 0.5) is 0 Å². The molecule has 19 heavy (non-hydrogen) atoms. The van der Waals surface area contributed by atoms with Crippen molar-refractivity contribution in [3.8, 4) is 0 Å². The topological polar surface area (TPSA) is 43.4 Å². The lowest BCUT2D eigenvalue weighted by Crippen LogP contribution is -2.47. The van der Waals surface area contributed by atoms with Crippen LogP contribution in [0.2, 0.25) is 0 Å². The van der Waals surface area contributed by atoms with E-state index >= 15 is 0 Å². The molecule has 102 valence electrons. The van der Waals surface area contributed by atoms with Gasteiger partial charge in [0.1, 0.15) is 6.10 Å². The van der Waals surface area contributed by atoms with Crippen molar-refractivity contribution in [2.45, 2.75) is 51.6 Å². The molecule has 3 nitrogen and oxygen atoms in total. The first-order valence-electron chi connectivity index (χ1n) is 7.20. The number of ketones is 1. The van der Waals surface area contributed by atoms with Crippen LogP contribution in [0.15, 0.2) is 23.8 Å². The standard InChI is InChI=1S/C16H20O3/c1-16-9-5-4-6-11(16)10-14(19-15(16)18)12-7-2-3-8-13(12)17/h4-5,7,11,14H,2-3,6,8-10H2,1H3/t11-,14-,16+/m0/s1. The highest BCUT2D eigenvalue weighted by atomic mass is 16.5. The molecule has 1 saturated heterocycles. The Kier molecular flexibility index (Phi) is 3.08. The van der Waals surface area contributed by atoms with Gasteiger partial charge in [-0.05, 0) is 44.9 Å². The highest BCUT2D eigenvalue weighted by molar-refractivity contribution is 5.97. The fourth-order valence-corrected chi connectivity index (χ4v) is 3.47. The second-order valence-corrected chi connectivity index (χ2v) is 6.13. The van der Waals surface area contributed by atoms with Crippen LogP contribution in [0, 0.1) is 11.3 Å². The van der Waals surface area contributed by atoms with E-state index in [2.05, 4.69) is 12.2 Å². The van der Waals surface area contributed by atoms with Gasteiger partial charge in [0.2, 0.25) is 0 Å². The van der Waals surface area contributed by atoms with E-state index in [1.807, 2.05) is 13.0 Å². The summed E-state index contributed by atoms with van der Waals surface area (Å²) in [7, 11) is 0. The van der Waals surface area contributed by atoms with Crippen LogP contribution in [0.5, 0.6) is 0 Å². The Labute approximate surface area is 113 Å². The van der Waals surface area contributed by atoms with Gasteiger partial charge in [-0.15, -0.1) is 0 Å². The Morgan fingerprint density at radius 3 is 2.95 bits per heavy atom. The predicted molar refractivity (Wildman–Crippen MR) is 71.4 cm³/mol. The average Bonchev–Trinajstić information content (AvgIpc) is 2.40. The van der Waals surface area contributed by atoms with Crippen molar-refractivity contribution in [1.29, 1.82) is 0 Å². The van der Waals surface area contributed by atoms with Gasteiger partial charge >= 0.3 is 5.97 Å². The van der Waals surface area contributed by atoms with Crippen molar-refractivity contribution in [2.24, 2.45) is 11.3 Å². The summed E-state index contributed by atoms with van der Waals surface area (Å²) in [6, 6.07) is 0. The molecule has 0 spiro atoms. The molecule has 0 amide bonds. The Morgan fingerprint density at radius 1 is 1.32 bits per heavy atom. The fourth-order valence-electron chi connectivity index (χ4n) is 3.47. The minimum Gasteiger partial charge on any atom is -0.457 e. The molecule has 2 aliphatic carbocycles. The molecular formula is C16H20O3. The van der Waals surface area contributed by atoms with Crippen LogP contribution in [0.3, 0.4) is 0 Å². The molecule has 3 rings (SSSR count). The van der Waals surface area contributed by atoms with Gasteiger partial charge < -0.3 is 4.74 Å². The van der Waals surface area contributed by atoms with Gasteiger partial charge in [0, 0.05) is 12.0 Å². The summed E-state index contributed by atoms with van der Waals surface area (Å²) in [6.45, 7) is 2.00. The van der Waals surface area contributed by atoms with E-state index in [1.54, 1.807) is 0 Å². The predicted octanol–water partition coefficient (Wildman–Crippen LogP) is 2.95. The number of fused-ring (bicyclic) bond motifs is 1. The summed E-state index contributed by atoms with van der Waals surface area (Å²) in [6.07, 6.45) is 10.8. The summed E-state index contributed by atoms with van der Waals surface area (Å²) < 4.78 is 5.61. The summed E-state index contributed by atoms with van der Waals surface area (Å²) in [4.78, 5) is 24.3. The molecule has 3 aliphatic rings. The van der Waals surface area contributed by atoms with Crippen LogP contribution in [0.1, 0.15) is 45.4 Å². The summed E-state index contributed by atoms with van der Waals surface area (Å²) in [5, 5.41) is 0. The smallest absolute Gasteiger partial charge is 0.313 e. The Bertz CT molecular complexity index is 474. The van der Waals surface area contributed by atoms with Crippen molar-refractivity contribution in [2.75, 3.05) is 0 Å². The zero-order valence-corrected chi connectivity index (χ0v) is 11.4. The number of carbonyl (C=O) groups excluding carboxylic acids is 2. The summed E-state index contributed by atoms with van der Waals surface area (Å²) >= 11 is 0. The van der Waals surface area contributed by atoms with Crippen molar-refractivity contribution < 1.29 is 14.3 Å². The van der Waals surface area contributed by atoms with Crippen molar-refractivity contribution in [3.63, 3.8) is 0 Å². The summed E-state index contributed by atoms with van der Waals surface area (Å²) in [5.41, 5.74) is 0.361. The molecule has 0 unspecified atom stereocenters. The first-order valence-corrected chi connectivity index (χ1v) is 7.20. The molecule has 0 aromatic rings. The first-order chi connectivity index (χ1) is 9.11. The molecule has 0 N–H and O–H groups in total. The number of esters is 1. The third-order valence-corrected chi connectivity index (χ3v) is 4.89.